The number of amides is 1. The van der Waals surface area contributed by atoms with E-state index in [9.17, 15) is 9.59 Å². The molecule has 2 rings (SSSR count). The van der Waals surface area contributed by atoms with Crippen molar-refractivity contribution in [2.45, 2.75) is 43.2 Å². The molecular weight excluding hydrogens is 387 g/mol. The number of likely N-dealkylation sites (N-methyl/N-ethyl adjacent to an activating group) is 1. The summed E-state index contributed by atoms with van der Waals surface area (Å²) >= 11 is 16.9. The van der Waals surface area contributed by atoms with Gasteiger partial charge in [0.05, 0.1) is 0 Å². The fraction of sp³-hybridized carbons (Fsp3) is 0.529. The molecule has 1 saturated heterocycles. The molecule has 0 unspecified atom stereocenters. The first-order valence-corrected chi connectivity index (χ1v) is 8.94. The molecule has 1 aliphatic rings. The molecule has 1 heterocycles. The van der Waals surface area contributed by atoms with Gasteiger partial charge in [-0.3, -0.25) is 4.79 Å². The highest BCUT2D eigenvalue weighted by Gasteiger charge is 2.52. The molecular formula is C17H21Cl3N2O3. The molecule has 1 aromatic rings. The van der Waals surface area contributed by atoms with E-state index in [-0.39, 0.29) is 11.3 Å². The Morgan fingerprint density at radius 2 is 1.72 bits per heavy atom. The number of carbonyl (C=O) groups is 2. The Labute approximate surface area is 162 Å². The maximum Gasteiger partial charge on any atom is 0.377 e. The molecule has 0 aliphatic carbocycles. The van der Waals surface area contributed by atoms with E-state index in [1.165, 1.54) is 5.06 Å². The summed E-state index contributed by atoms with van der Waals surface area (Å²) in [7, 11) is 1.68. The van der Waals surface area contributed by atoms with E-state index in [1.807, 2.05) is 51.1 Å². The molecule has 2 atom stereocenters. The van der Waals surface area contributed by atoms with Gasteiger partial charge in [0.15, 0.2) is 0 Å². The van der Waals surface area contributed by atoms with Crippen molar-refractivity contribution in [1.29, 1.82) is 0 Å². The summed E-state index contributed by atoms with van der Waals surface area (Å²) in [6, 6.07) is 8.80. The van der Waals surface area contributed by atoms with Crippen LogP contribution in [-0.4, -0.2) is 44.9 Å². The van der Waals surface area contributed by atoms with Crippen molar-refractivity contribution in [3.63, 3.8) is 0 Å². The van der Waals surface area contributed by atoms with E-state index in [0.717, 1.165) is 5.56 Å². The second kappa shape index (κ2) is 7.31. The Hall–Kier alpha value is -1.01. The molecule has 1 aliphatic heterocycles. The van der Waals surface area contributed by atoms with E-state index in [1.54, 1.807) is 11.9 Å². The molecule has 0 aromatic heterocycles. The Morgan fingerprint density at radius 3 is 2.20 bits per heavy atom. The second-order valence-electron chi connectivity index (χ2n) is 7.13. The van der Waals surface area contributed by atoms with Gasteiger partial charge in [-0.15, -0.1) is 5.06 Å². The average Bonchev–Trinajstić information content (AvgIpc) is 2.71. The van der Waals surface area contributed by atoms with Gasteiger partial charge < -0.3 is 9.74 Å². The zero-order valence-corrected chi connectivity index (χ0v) is 16.8. The summed E-state index contributed by atoms with van der Waals surface area (Å²) in [6.07, 6.45) is -0.103. The van der Waals surface area contributed by atoms with Crippen LogP contribution < -0.4 is 0 Å². The first kappa shape index (κ1) is 20.3. The highest BCUT2D eigenvalue weighted by atomic mass is 35.6. The van der Waals surface area contributed by atoms with Gasteiger partial charge in [-0.25, -0.2) is 4.79 Å². The first-order chi connectivity index (χ1) is 11.4. The zero-order valence-electron chi connectivity index (χ0n) is 14.5. The Bertz CT molecular complexity index is 641. The highest BCUT2D eigenvalue weighted by Crippen LogP contribution is 2.37. The van der Waals surface area contributed by atoms with Crippen molar-refractivity contribution in [2.24, 2.45) is 5.41 Å². The lowest BCUT2D eigenvalue weighted by atomic mass is 9.92. The quantitative estimate of drug-likeness (QED) is 0.719. The minimum absolute atomic E-state index is 0.152. The summed E-state index contributed by atoms with van der Waals surface area (Å²) in [4.78, 5) is 31.9. The van der Waals surface area contributed by atoms with Gasteiger partial charge in [-0.2, -0.15) is 0 Å². The van der Waals surface area contributed by atoms with Crippen molar-refractivity contribution in [1.82, 2.24) is 9.96 Å². The van der Waals surface area contributed by atoms with Gasteiger partial charge >= 0.3 is 5.97 Å². The summed E-state index contributed by atoms with van der Waals surface area (Å²) < 4.78 is -2.22. The fourth-order valence-electron chi connectivity index (χ4n) is 3.04. The average molecular weight is 408 g/mol. The third-order valence-corrected chi connectivity index (χ3v) is 4.48. The van der Waals surface area contributed by atoms with Gasteiger partial charge in [0.25, 0.3) is 3.79 Å². The predicted molar refractivity (Wildman–Crippen MR) is 98.2 cm³/mol. The number of nitrogens with zero attached hydrogens (tertiary/aromatic N) is 2. The second-order valence-corrected chi connectivity index (χ2v) is 9.41. The molecule has 0 radical (unpaired) electrons. The van der Waals surface area contributed by atoms with Crippen LogP contribution >= 0.6 is 34.8 Å². The molecule has 1 aromatic carbocycles. The van der Waals surface area contributed by atoms with E-state index in [2.05, 4.69) is 0 Å². The van der Waals surface area contributed by atoms with Crippen molar-refractivity contribution < 1.29 is 14.4 Å². The molecule has 1 fully saturated rings. The Morgan fingerprint density at radius 1 is 1.16 bits per heavy atom. The molecule has 0 spiro atoms. The topological polar surface area (TPSA) is 49.9 Å². The van der Waals surface area contributed by atoms with E-state index in [4.69, 9.17) is 39.6 Å². The minimum atomic E-state index is -2.22. The van der Waals surface area contributed by atoms with Crippen LogP contribution in [-0.2, 0) is 20.8 Å². The molecule has 0 N–H and O–H groups in total. The van der Waals surface area contributed by atoms with Crippen LogP contribution in [0.1, 0.15) is 26.3 Å². The number of benzene rings is 1. The molecule has 5 nitrogen and oxygen atoms in total. The largest absolute Gasteiger partial charge is 0.377 e. The lowest BCUT2D eigenvalue weighted by Gasteiger charge is -2.37. The normalized spacial score (nSPS) is 22.4. The number of halogens is 3. The third kappa shape index (κ3) is 4.59. The van der Waals surface area contributed by atoms with Gasteiger partial charge in [0.2, 0.25) is 5.91 Å². The SMILES string of the molecule is CN1C(=O)[C@H](Cc2ccccc2)N(OC(=O)C(Cl)(Cl)Cl)[C@@H]1C(C)(C)C. The minimum Gasteiger partial charge on any atom is -0.361 e. The lowest BCUT2D eigenvalue weighted by Crippen LogP contribution is -2.50. The molecule has 0 saturated carbocycles. The van der Waals surface area contributed by atoms with E-state index >= 15 is 0 Å². The van der Waals surface area contributed by atoms with Gasteiger partial charge in [-0.1, -0.05) is 85.9 Å². The van der Waals surface area contributed by atoms with Crippen LogP contribution in [0, 0.1) is 5.41 Å². The van der Waals surface area contributed by atoms with Crippen molar-refractivity contribution in [3.05, 3.63) is 35.9 Å². The van der Waals surface area contributed by atoms with Crippen molar-refractivity contribution in [2.75, 3.05) is 7.05 Å². The van der Waals surface area contributed by atoms with E-state index < -0.39 is 22.0 Å². The van der Waals surface area contributed by atoms with Crippen molar-refractivity contribution in [3.8, 4) is 0 Å². The van der Waals surface area contributed by atoms with Crippen LogP contribution in [0.25, 0.3) is 0 Å². The summed E-state index contributed by atoms with van der Waals surface area (Å²) in [5, 5.41) is 1.36. The number of hydrogen-bond donors (Lipinski definition) is 0. The molecule has 25 heavy (non-hydrogen) atoms. The predicted octanol–water partition coefficient (Wildman–Crippen LogP) is 3.57. The van der Waals surface area contributed by atoms with Crippen LogP contribution in [0.15, 0.2) is 30.3 Å². The van der Waals surface area contributed by atoms with Gasteiger partial charge in [0, 0.05) is 13.5 Å². The Kier molecular flexibility index (Phi) is 5.94. The van der Waals surface area contributed by atoms with Crippen LogP contribution in [0.5, 0.6) is 0 Å². The monoisotopic (exact) mass is 406 g/mol. The zero-order chi connectivity index (χ0) is 19.0. The number of rotatable bonds is 3. The van der Waals surface area contributed by atoms with E-state index in [0.29, 0.717) is 6.42 Å². The first-order valence-electron chi connectivity index (χ1n) is 7.81. The smallest absolute Gasteiger partial charge is 0.361 e. The number of carbonyl (C=O) groups excluding carboxylic acids is 2. The molecule has 1 amide bonds. The summed E-state index contributed by atoms with van der Waals surface area (Å²) in [6.45, 7) is 5.84. The fourth-order valence-corrected chi connectivity index (χ4v) is 3.15. The highest BCUT2D eigenvalue weighted by molar-refractivity contribution is 6.75. The molecule has 8 heteroatoms. The number of alkyl halides is 3. The Balaban J connectivity index is 2.36. The molecule has 0 bridgehead atoms. The van der Waals surface area contributed by atoms with Crippen LogP contribution in [0.4, 0.5) is 0 Å². The standard InChI is InChI=1S/C17H21Cl3N2O3/c1-16(2,3)14-21(4)13(23)12(10-11-8-6-5-7-9-11)22(14)25-15(24)17(18,19)20/h5-9,12,14H,10H2,1-4H3/t12-,14+/m0/s1. The van der Waals surface area contributed by atoms with Crippen molar-refractivity contribution >= 4 is 46.7 Å². The third-order valence-electron chi connectivity index (χ3n) is 4.01. The number of hydrogen-bond acceptors (Lipinski definition) is 4. The summed E-state index contributed by atoms with van der Waals surface area (Å²) in [5.41, 5.74) is 0.558. The number of hydroxylamine groups is 2. The maximum absolute atomic E-state index is 12.8. The maximum atomic E-state index is 12.8. The molecule has 138 valence electrons. The van der Waals surface area contributed by atoms with Gasteiger partial charge in [-0.05, 0) is 11.0 Å². The summed E-state index contributed by atoms with van der Waals surface area (Å²) in [5.74, 6) is -1.19. The van der Waals surface area contributed by atoms with Crippen LogP contribution in [0.3, 0.4) is 0 Å². The van der Waals surface area contributed by atoms with Crippen LogP contribution in [0.2, 0.25) is 0 Å². The lowest BCUT2D eigenvalue weighted by molar-refractivity contribution is -0.221. The van der Waals surface area contributed by atoms with Gasteiger partial charge in [0.1, 0.15) is 12.2 Å².